The summed E-state index contributed by atoms with van der Waals surface area (Å²) in [5.74, 6) is 8.98. The quantitative estimate of drug-likeness (QED) is 0.643. The third-order valence-electron chi connectivity index (χ3n) is 4.42. The van der Waals surface area contributed by atoms with E-state index in [0.717, 1.165) is 23.1 Å². The number of benzene rings is 1. The van der Waals surface area contributed by atoms with Gasteiger partial charge in [-0.3, -0.25) is 0 Å². The van der Waals surface area contributed by atoms with Gasteiger partial charge in [-0.2, -0.15) is 0 Å². The molecule has 1 fully saturated rings. The zero-order valence-electron chi connectivity index (χ0n) is 14.0. The van der Waals surface area contributed by atoms with Crippen molar-refractivity contribution in [1.29, 1.82) is 0 Å². The second-order valence-corrected chi connectivity index (χ2v) is 6.16. The number of ether oxygens (including phenoxy) is 1. The fourth-order valence-corrected chi connectivity index (χ4v) is 3.19. The summed E-state index contributed by atoms with van der Waals surface area (Å²) in [6, 6.07) is 7.99. The van der Waals surface area contributed by atoms with Crippen LogP contribution in [0.5, 0.6) is 5.75 Å². The largest absolute Gasteiger partial charge is 0.494 e. The van der Waals surface area contributed by atoms with Crippen LogP contribution in [0.3, 0.4) is 0 Å². The molecule has 22 heavy (non-hydrogen) atoms. The molecule has 0 heterocycles. The van der Waals surface area contributed by atoms with Crippen LogP contribution in [0.15, 0.2) is 36.4 Å². The first kappa shape index (κ1) is 16.7. The Labute approximate surface area is 135 Å². The average Bonchev–Trinajstić information content (AvgIpc) is 2.55. The molecular weight excluding hydrogens is 268 g/mol. The van der Waals surface area contributed by atoms with E-state index in [2.05, 4.69) is 24.8 Å². The summed E-state index contributed by atoms with van der Waals surface area (Å²) in [7, 11) is 0. The van der Waals surface area contributed by atoms with Crippen molar-refractivity contribution in [3.05, 3.63) is 42.0 Å². The number of allylic oxidation sites excluding steroid dienone is 2. The van der Waals surface area contributed by atoms with Gasteiger partial charge < -0.3 is 4.74 Å². The average molecular weight is 296 g/mol. The summed E-state index contributed by atoms with van der Waals surface area (Å²) >= 11 is 0. The van der Waals surface area contributed by atoms with Crippen LogP contribution in [-0.4, -0.2) is 6.61 Å². The maximum Gasteiger partial charge on any atom is 0.119 e. The van der Waals surface area contributed by atoms with Crippen molar-refractivity contribution in [2.75, 3.05) is 6.61 Å². The van der Waals surface area contributed by atoms with Gasteiger partial charge in [0.25, 0.3) is 0 Å². The monoisotopic (exact) mass is 296 g/mol. The first-order chi connectivity index (χ1) is 10.8. The number of hydrogen-bond donors (Lipinski definition) is 0. The molecule has 1 aliphatic rings. The van der Waals surface area contributed by atoms with Crippen molar-refractivity contribution in [3.8, 4) is 17.6 Å². The summed E-state index contributed by atoms with van der Waals surface area (Å²) in [6.45, 7) is 4.99. The zero-order valence-corrected chi connectivity index (χ0v) is 14.0. The molecule has 1 aromatic rings. The van der Waals surface area contributed by atoms with Gasteiger partial charge in [0, 0.05) is 5.56 Å². The van der Waals surface area contributed by atoms with Crippen molar-refractivity contribution >= 4 is 0 Å². The third-order valence-corrected chi connectivity index (χ3v) is 4.42. The lowest BCUT2D eigenvalue weighted by Gasteiger charge is -2.26. The molecule has 0 radical (unpaired) electrons. The van der Waals surface area contributed by atoms with Gasteiger partial charge >= 0.3 is 0 Å². The summed E-state index contributed by atoms with van der Waals surface area (Å²) in [6.07, 6.45) is 12.6. The molecule has 0 N–H and O–H groups in total. The molecule has 0 aliphatic heterocycles. The Morgan fingerprint density at radius 3 is 2.45 bits per heavy atom. The molecule has 0 unspecified atom stereocenters. The molecule has 1 nitrogen and oxygen atoms in total. The lowest BCUT2D eigenvalue weighted by Crippen LogP contribution is -2.12. The maximum absolute atomic E-state index is 5.43. The first-order valence-electron chi connectivity index (χ1n) is 8.72. The predicted octanol–water partition coefficient (Wildman–Crippen LogP) is 5.60. The van der Waals surface area contributed by atoms with Crippen LogP contribution in [0.2, 0.25) is 0 Å². The van der Waals surface area contributed by atoms with Gasteiger partial charge in [-0.1, -0.05) is 37.7 Å². The van der Waals surface area contributed by atoms with Crippen molar-refractivity contribution in [2.45, 2.75) is 52.4 Å². The number of rotatable bonds is 5. The van der Waals surface area contributed by atoms with Gasteiger partial charge in [0.2, 0.25) is 0 Å². The van der Waals surface area contributed by atoms with E-state index in [9.17, 15) is 0 Å². The van der Waals surface area contributed by atoms with Gasteiger partial charge in [-0.05, 0) is 74.8 Å². The van der Waals surface area contributed by atoms with Crippen molar-refractivity contribution in [2.24, 2.45) is 11.8 Å². The predicted molar refractivity (Wildman–Crippen MR) is 94.0 cm³/mol. The normalized spacial score (nSPS) is 21.4. The first-order valence-corrected chi connectivity index (χ1v) is 8.72. The molecule has 1 aliphatic carbocycles. The molecule has 0 bridgehead atoms. The Hall–Kier alpha value is -1.68. The van der Waals surface area contributed by atoms with E-state index in [0.29, 0.717) is 6.61 Å². The second kappa shape index (κ2) is 9.36. The smallest absolute Gasteiger partial charge is 0.119 e. The summed E-state index contributed by atoms with van der Waals surface area (Å²) < 4.78 is 5.43. The van der Waals surface area contributed by atoms with Crippen LogP contribution in [0.1, 0.15) is 57.9 Å². The fourth-order valence-electron chi connectivity index (χ4n) is 3.19. The molecular formula is C21H28O. The Morgan fingerprint density at radius 1 is 1.09 bits per heavy atom. The van der Waals surface area contributed by atoms with Gasteiger partial charge in [0.15, 0.2) is 0 Å². The Kier molecular flexibility index (Phi) is 7.10. The standard InChI is InChI=1S/C21H28O/c1-3-7-18-10-12-19(13-11-18)8-5-6-9-20-14-16-21(17-15-20)22-4-2/h5,8,14-19H,3-4,7,10-13H2,1-2H3/b8-5+. The summed E-state index contributed by atoms with van der Waals surface area (Å²) in [5, 5.41) is 0. The molecule has 0 amide bonds. The van der Waals surface area contributed by atoms with Crippen LogP contribution >= 0.6 is 0 Å². The molecule has 1 aromatic carbocycles. The molecule has 0 saturated heterocycles. The highest BCUT2D eigenvalue weighted by Crippen LogP contribution is 2.31. The third kappa shape index (κ3) is 5.60. The van der Waals surface area contributed by atoms with Gasteiger partial charge in [-0.15, -0.1) is 0 Å². The van der Waals surface area contributed by atoms with E-state index in [4.69, 9.17) is 4.74 Å². The lowest BCUT2D eigenvalue weighted by molar-refractivity contribution is 0.294. The van der Waals surface area contributed by atoms with Crippen LogP contribution < -0.4 is 4.74 Å². The summed E-state index contributed by atoms with van der Waals surface area (Å²) in [4.78, 5) is 0. The minimum atomic E-state index is 0.703. The van der Waals surface area contributed by atoms with Crippen molar-refractivity contribution in [1.82, 2.24) is 0 Å². The van der Waals surface area contributed by atoms with Gasteiger partial charge in [0.1, 0.15) is 5.75 Å². The number of hydrogen-bond acceptors (Lipinski definition) is 1. The van der Waals surface area contributed by atoms with E-state index in [1.54, 1.807) is 0 Å². The highest BCUT2D eigenvalue weighted by molar-refractivity contribution is 5.40. The van der Waals surface area contributed by atoms with Crippen molar-refractivity contribution in [3.63, 3.8) is 0 Å². The van der Waals surface area contributed by atoms with E-state index < -0.39 is 0 Å². The second-order valence-electron chi connectivity index (χ2n) is 6.16. The highest BCUT2D eigenvalue weighted by Gasteiger charge is 2.18. The zero-order chi connectivity index (χ0) is 15.6. The van der Waals surface area contributed by atoms with Crippen LogP contribution in [0.25, 0.3) is 0 Å². The van der Waals surface area contributed by atoms with E-state index in [-0.39, 0.29) is 0 Å². The maximum atomic E-state index is 5.43. The topological polar surface area (TPSA) is 9.23 Å². The van der Waals surface area contributed by atoms with E-state index in [1.165, 1.54) is 38.5 Å². The minimum absolute atomic E-state index is 0.703. The summed E-state index contributed by atoms with van der Waals surface area (Å²) in [5.41, 5.74) is 1.04. The molecule has 2 rings (SSSR count). The minimum Gasteiger partial charge on any atom is -0.494 e. The van der Waals surface area contributed by atoms with E-state index >= 15 is 0 Å². The van der Waals surface area contributed by atoms with Crippen LogP contribution in [0.4, 0.5) is 0 Å². The SMILES string of the molecule is CCCC1CCC(/C=C/C#Cc2ccc(OCC)cc2)CC1. The van der Waals surface area contributed by atoms with Crippen LogP contribution in [-0.2, 0) is 0 Å². The van der Waals surface area contributed by atoms with Crippen molar-refractivity contribution < 1.29 is 4.74 Å². The molecule has 118 valence electrons. The van der Waals surface area contributed by atoms with E-state index in [1.807, 2.05) is 37.3 Å². The fraction of sp³-hybridized carbons (Fsp3) is 0.524. The molecule has 1 heteroatoms. The molecule has 0 atom stereocenters. The lowest BCUT2D eigenvalue weighted by atomic mass is 9.80. The molecule has 1 saturated carbocycles. The highest BCUT2D eigenvalue weighted by atomic mass is 16.5. The van der Waals surface area contributed by atoms with Gasteiger partial charge in [0.05, 0.1) is 6.61 Å². The Bertz CT molecular complexity index is 507. The Morgan fingerprint density at radius 2 is 1.82 bits per heavy atom. The Balaban J connectivity index is 1.78. The molecule has 0 aromatic heterocycles. The molecule has 0 spiro atoms. The van der Waals surface area contributed by atoms with Crippen LogP contribution in [0, 0.1) is 23.7 Å². The van der Waals surface area contributed by atoms with Gasteiger partial charge in [-0.25, -0.2) is 0 Å².